The van der Waals surface area contributed by atoms with Crippen molar-refractivity contribution >= 4 is 28.6 Å². The third-order valence-electron chi connectivity index (χ3n) is 2.87. The Balaban J connectivity index is 2.40. The first-order chi connectivity index (χ1) is 8.09. The number of thiophene rings is 1. The molecule has 1 aliphatic carbocycles. The summed E-state index contributed by atoms with van der Waals surface area (Å²) in [7, 11) is 3.87. The van der Waals surface area contributed by atoms with Crippen LogP contribution in [0.4, 0.5) is 5.00 Å². The van der Waals surface area contributed by atoms with Gasteiger partial charge in [0, 0.05) is 4.88 Å². The molecular weight excluding hydrogens is 234 g/mol. The summed E-state index contributed by atoms with van der Waals surface area (Å²) >= 11 is 1.66. The first kappa shape index (κ1) is 12.1. The number of primary amides is 1. The molecule has 2 rings (SSSR count). The van der Waals surface area contributed by atoms with Crippen molar-refractivity contribution in [2.45, 2.75) is 25.7 Å². The highest BCUT2D eigenvalue weighted by atomic mass is 32.1. The quantitative estimate of drug-likeness (QED) is 0.486. The molecule has 0 bridgehead atoms. The summed E-state index contributed by atoms with van der Waals surface area (Å²) < 4.78 is 1.91. The van der Waals surface area contributed by atoms with Crippen molar-refractivity contribution < 1.29 is 9.37 Å². The molecule has 0 spiro atoms. The Morgan fingerprint density at radius 2 is 2.12 bits per heavy atom. The average molecular weight is 252 g/mol. The molecule has 1 aromatic heterocycles. The number of rotatable bonds is 3. The van der Waals surface area contributed by atoms with Crippen LogP contribution in [0.1, 0.15) is 33.6 Å². The van der Waals surface area contributed by atoms with Gasteiger partial charge in [-0.05, 0) is 31.2 Å². The molecule has 3 N–H and O–H groups in total. The number of nitrogens with one attached hydrogen (secondary N) is 1. The third kappa shape index (κ3) is 2.49. The van der Waals surface area contributed by atoms with Gasteiger partial charge >= 0.3 is 0 Å². The predicted octanol–water partition coefficient (Wildman–Crippen LogP) is 1.44. The number of hydrogen-bond acceptors (Lipinski definition) is 2. The van der Waals surface area contributed by atoms with Crippen LogP contribution in [0, 0.1) is 0 Å². The van der Waals surface area contributed by atoms with E-state index in [1.807, 2.05) is 25.0 Å². The van der Waals surface area contributed by atoms with Crippen LogP contribution in [0.15, 0.2) is 0 Å². The van der Waals surface area contributed by atoms with E-state index in [1.54, 1.807) is 11.3 Å². The molecule has 1 aromatic rings. The van der Waals surface area contributed by atoms with Gasteiger partial charge in [0.2, 0.25) is 6.34 Å². The zero-order valence-electron chi connectivity index (χ0n) is 10.2. The summed E-state index contributed by atoms with van der Waals surface area (Å²) in [4.78, 5) is 12.9. The minimum atomic E-state index is -0.320. The zero-order valence-corrected chi connectivity index (χ0v) is 11.1. The van der Waals surface area contributed by atoms with E-state index in [0.717, 1.165) is 24.3 Å². The molecule has 0 aromatic carbocycles. The lowest BCUT2D eigenvalue weighted by molar-refractivity contribution is -0.459. The van der Waals surface area contributed by atoms with Gasteiger partial charge in [-0.15, -0.1) is 0 Å². The molecule has 0 fully saturated rings. The molecule has 4 nitrogen and oxygen atoms in total. The van der Waals surface area contributed by atoms with Crippen LogP contribution in [-0.2, 0) is 12.8 Å². The van der Waals surface area contributed by atoms with Crippen molar-refractivity contribution in [2.24, 2.45) is 5.73 Å². The van der Waals surface area contributed by atoms with Crippen LogP contribution < -0.4 is 11.1 Å². The Morgan fingerprint density at radius 1 is 1.41 bits per heavy atom. The van der Waals surface area contributed by atoms with Crippen LogP contribution >= 0.6 is 11.3 Å². The zero-order chi connectivity index (χ0) is 12.4. The van der Waals surface area contributed by atoms with Crippen molar-refractivity contribution in [3.8, 4) is 0 Å². The predicted molar refractivity (Wildman–Crippen MR) is 71.3 cm³/mol. The number of hydrogen-bond donors (Lipinski definition) is 2. The van der Waals surface area contributed by atoms with Crippen molar-refractivity contribution in [1.82, 2.24) is 0 Å². The fourth-order valence-corrected chi connectivity index (χ4v) is 3.37. The van der Waals surface area contributed by atoms with E-state index in [-0.39, 0.29) is 5.91 Å². The van der Waals surface area contributed by atoms with Crippen molar-refractivity contribution in [3.63, 3.8) is 0 Å². The average Bonchev–Trinajstić information content (AvgIpc) is 2.64. The minimum absolute atomic E-state index is 0.320. The molecule has 1 aliphatic rings. The number of nitrogens with two attached hydrogens (primary N) is 1. The maximum Gasteiger partial charge on any atom is 0.254 e. The largest absolute Gasteiger partial charge is 0.365 e. The fourth-order valence-electron chi connectivity index (χ4n) is 2.12. The van der Waals surface area contributed by atoms with Gasteiger partial charge in [-0.2, -0.15) is 0 Å². The third-order valence-corrected chi connectivity index (χ3v) is 4.09. The SMILES string of the molecule is C[N+](C)=CNc1sc2c(c1C(N)=O)CCCC2. The first-order valence-corrected chi connectivity index (χ1v) is 6.62. The van der Waals surface area contributed by atoms with E-state index in [2.05, 4.69) is 5.32 Å². The standard InChI is InChI=1S/C12H17N3OS/c1-15(2)7-14-12-10(11(13)16)8-5-3-4-6-9(8)17-12/h7H,3-6H2,1-2H3,(H2,13,16)/p+1. The Labute approximate surface area is 105 Å². The summed E-state index contributed by atoms with van der Waals surface area (Å²) in [5.74, 6) is -0.320. The topological polar surface area (TPSA) is 58.1 Å². The van der Waals surface area contributed by atoms with E-state index >= 15 is 0 Å². The second-order valence-electron chi connectivity index (χ2n) is 4.52. The molecule has 1 heterocycles. The second kappa shape index (κ2) is 4.87. The summed E-state index contributed by atoms with van der Waals surface area (Å²) in [6, 6.07) is 0. The Morgan fingerprint density at radius 3 is 2.76 bits per heavy atom. The first-order valence-electron chi connectivity index (χ1n) is 5.80. The number of anilines is 1. The van der Waals surface area contributed by atoms with Crippen molar-refractivity contribution in [1.29, 1.82) is 0 Å². The fraction of sp³-hybridized carbons (Fsp3) is 0.500. The van der Waals surface area contributed by atoms with Gasteiger partial charge in [-0.25, -0.2) is 5.32 Å². The van der Waals surface area contributed by atoms with Crippen LogP contribution in [0.2, 0.25) is 0 Å². The van der Waals surface area contributed by atoms with E-state index in [1.165, 1.54) is 16.9 Å². The van der Waals surface area contributed by atoms with E-state index in [9.17, 15) is 4.79 Å². The van der Waals surface area contributed by atoms with E-state index in [4.69, 9.17) is 5.73 Å². The highest BCUT2D eigenvalue weighted by Gasteiger charge is 2.25. The number of carbonyl (C=O) groups is 1. The highest BCUT2D eigenvalue weighted by molar-refractivity contribution is 7.16. The highest BCUT2D eigenvalue weighted by Crippen LogP contribution is 2.37. The normalized spacial score (nSPS) is 14.0. The van der Waals surface area contributed by atoms with Gasteiger partial charge < -0.3 is 5.73 Å². The van der Waals surface area contributed by atoms with Gasteiger partial charge in [0.1, 0.15) is 5.56 Å². The van der Waals surface area contributed by atoms with Gasteiger partial charge in [-0.3, -0.25) is 9.37 Å². The Bertz CT molecular complexity index is 472. The lowest BCUT2D eigenvalue weighted by Gasteiger charge is -2.10. The van der Waals surface area contributed by atoms with Crippen LogP contribution in [0.25, 0.3) is 0 Å². The van der Waals surface area contributed by atoms with Gasteiger partial charge in [-0.1, -0.05) is 11.3 Å². The number of fused-ring (bicyclic) bond motifs is 1. The molecule has 92 valence electrons. The smallest absolute Gasteiger partial charge is 0.254 e. The van der Waals surface area contributed by atoms with E-state index in [0.29, 0.717) is 5.56 Å². The summed E-state index contributed by atoms with van der Waals surface area (Å²) in [5.41, 5.74) is 7.36. The van der Waals surface area contributed by atoms with Crippen molar-refractivity contribution in [2.75, 3.05) is 19.4 Å². The van der Waals surface area contributed by atoms with Crippen LogP contribution in [-0.4, -0.2) is 30.9 Å². The number of carbonyl (C=O) groups excluding carboxylic acids is 1. The maximum atomic E-state index is 11.6. The molecule has 0 aliphatic heterocycles. The van der Waals surface area contributed by atoms with Gasteiger partial charge in [0.25, 0.3) is 5.91 Å². The summed E-state index contributed by atoms with van der Waals surface area (Å²) in [5, 5.41) is 4.06. The molecule has 0 saturated heterocycles. The number of nitrogens with zero attached hydrogens (tertiary/aromatic N) is 1. The molecule has 5 heteroatoms. The molecule has 0 radical (unpaired) electrons. The molecule has 0 atom stereocenters. The van der Waals surface area contributed by atoms with Crippen LogP contribution in [0.3, 0.4) is 0 Å². The molecule has 1 amide bonds. The number of aryl methyl sites for hydroxylation is 1. The molecule has 17 heavy (non-hydrogen) atoms. The summed E-state index contributed by atoms with van der Waals surface area (Å²) in [6.07, 6.45) is 6.25. The summed E-state index contributed by atoms with van der Waals surface area (Å²) in [6.45, 7) is 0. The monoisotopic (exact) mass is 252 g/mol. The maximum absolute atomic E-state index is 11.6. The molecule has 0 unspecified atom stereocenters. The van der Waals surface area contributed by atoms with Gasteiger partial charge in [0.05, 0.1) is 14.1 Å². The molecule has 0 saturated carbocycles. The lowest BCUT2D eigenvalue weighted by atomic mass is 9.95. The van der Waals surface area contributed by atoms with Gasteiger partial charge in [0.15, 0.2) is 5.00 Å². The Kier molecular flexibility index (Phi) is 3.47. The minimum Gasteiger partial charge on any atom is -0.365 e. The lowest BCUT2D eigenvalue weighted by Crippen LogP contribution is -2.16. The Hall–Kier alpha value is -1.36. The molecular formula is C12H18N3OS+. The van der Waals surface area contributed by atoms with E-state index < -0.39 is 0 Å². The number of amides is 1. The van der Waals surface area contributed by atoms with Crippen molar-refractivity contribution in [3.05, 3.63) is 16.0 Å². The van der Waals surface area contributed by atoms with Crippen LogP contribution in [0.5, 0.6) is 0 Å². The second-order valence-corrected chi connectivity index (χ2v) is 5.62.